The molecule has 2 aliphatic rings. The Kier molecular flexibility index (Phi) is 5.10. The third-order valence-corrected chi connectivity index (χ3v) is 4.56. The third-order valence-electron chi connectivity index (χ3n) is 4.56. The van der Waals surface area contributed by atoms with Crippen LogP contribution < -0.4 is 9.47 Å². The molecule has 1 atom stereocenters. The Labute approximate surface area is 153 Å². The van der Waals surface area contributed by atoms with E-state index in [4.69, 9.17) is 18.9 Å². The van der Waals surface area contributed by atoms with Crippen LogP contribution in [0.25, 0.3) is 11.3 Å². The second-order valence-corrected chi connectivity index (χ2v) is 6.80. The van der Waals surface area contributed by atoms with Crippen LogP contribution in [-0.4, -0.2) is 67.4 Å². The van der Waals surface area contributed by atoms with Gasteiger partial charge in [-0.25, -0.2) is 0 Å². The minimum Gasteiger partial charge on any atom is -0.486 e. The number of hydrogen-bond donors (Lipinski definition) is 0. The third kappa shape index (κ3) is 3.85. The van der Waals surface area contributed by atoms with Crippen LogP contribution in [0.5, 0.6) is 11.5 Å². The van der Waals surface area contributed by atoms with Crippen LogP contribution in [0.1, 0.15) is 5.56 Å². The zero-order valence-corrected chi connectivity index (χ0v) is 15.3. The molecule has 3 heterocycles. The van der Waals surface area contributed by atoms with Crippen molar-refractivity contribution >= 4 is 0 Å². The van der Waals surface area contributed by atoms with Crippen LogP contribution in [-0.2, 0) is 23.1 Å². The molecule has 0 amide bonds. The largest absolute Gasteiger partial charge is 0.486 e. The zero-order valence-electron chi connectivity index (χ0n) is 15.3. The molecular weight excluding hydrogens is 334 g/mol. The Morgan fingerprint density at radius 2 is 2.00 bits per heavy atom. The smallest absolute Gasteiger partial charge is 0.162 e. The van der Waals surface area contributed by atoms with Crippen molar-refractivity contribution in [3.63, 3.8) is 0 Å². The Hall–Kier alpha value is -2.09. The van der Waals surface area contributed by atoms with Crippen molar-refractivity contribution in [1.29, 1.82) is 0 Å². The van der Waals surface area contributed by atoms with Crippen molar-refractivity contribution in [3.8, 4) is 22.8 Å². The van der Waals surface area contributed by atoms with Crippen LogP contribution in [0.15, 0.2) is 24.4 Å². The van der Waals surface area contributed by atoms with E-state index >= 15 is 0 Å². The number of ether oxygens (including phenoxy) is 4. The van der Waals surface area contributed by atoms with E-state index in [0.29, 0.717) is 33.0 Å². The van der Waals surface area contributed by atoms with Crippen LogP contribution in [0.3, 0.4) is 0 Å². The Bertz CT molecular complexity index is 755. The zero-order chi connectivity index (χ0) is 17.9. The van der Waals surface area contributed by atoms with Crippen molar-refractivity contribution in [1.82, 2.24) is 14.7 Å². The summed E-state index contributed by atoms with van der Waals surface area (Å²) in [6, 6.07) is 6.01. The molecule has 2 aromatic rings. The highest BCUT2D eigenvalue weighted by molar-refractivity contribution is 5.66. The minimum atomic E-state index is 0.128. The lowest BCUT2D eigenvalue weighted by molar-refractivity contribution is -0.0962. The average molecular weight is 359 g/mol. The summed E-state index contributed by atoms with van der Waals surface area (Å²) in [5, 5.41) is 4.67. The maximum Gasteiger partial charge on any atom is 0.162 e. The van der Waals surface area contributed by atoms with E-state index < -0.39 is 0 Å². The van der Waals surface area contributed by atoms with Gasteiger partial charge in [0.25, 0.3) is 0 Å². The molecule has 140 valence electrons. The van der Waals surface area contributed by atoms with E-state index in [1.165, 1.54) is 5.56 Å². The lowest BCUT2D eigenvalue weighted by atomic mass is 10.1. The summed E-state index contributed by atoms with van der Waals surface area (Å²) in [4.78, 5) is 2.25. The van der Waals surface area contributed by atoms with Gasteiger partial charge in [-0.15, -0.1) is 0 Å². The predicted molar refractivity (Wildman–Crippen MR) is 96.5 cm³/mol. The van der Waals surface area contributed by atoms with Crippen molar-refractivity contribution < 1.29 is 18.9 Å². The van der Waals surface area contributed by atoms with E-state index in [9.17, 15) is 0 Å². The highest BCUT2D eigenvalue weighted by Crippen LogP contribution is 2.35. The van der Waals surface area contributed by atoms with Crippen LogP contribution >= 0.6 is 0 Å². The summed E-state index contributed by atoms with van der Waals surface area (Å²) in [6.07, 6.45) is 2.20. The summed E-state index contributed by atoms with van der Waals surface area (Å²) in [7, 11) is 4.04. The van der Waals surface area contributed by atoms with Crippen LogP contribution in [0.2, 0.25) is 0 Å². The molecule has 7 nitrogen and oxygen atoms in total. The van der Waals surface area contributed by atoms with Gasteiger partial charge in [-0.3, -0.25) is 9.58 Å². The topological polar surface area (TPSA) is 58.0 Å². The molecule has 1 aromatic carbocycles. The van der Waals surface area contributed by atoms with E-state index in [0.717, 1.165) is 35.8 Å². The van der Waals surface area contributed by atoms with E-state index in [1.807, 2.05) is 29.9 Å². The number of likely N-dealkylation sites (N-methyl/N-ethyl adjacent to an activating group) is 1. The number of aryl methyl sites for hydroxylation is 1. The molecule has 0 saturated carbocycles. The number of hydrogen-bond acceptors (Lipinski definition) is 6. The summed E-state index contributed by atoms with van der Waals surface area (Å²) in [6.45, 7) is 4.82. The molecule has 1 aromatic heterocycles. The maximum atomic E-state index is 5.75. The predicted octanol–water partition coefficient (Wildman–Crippen LogP) is 1.71. The summed E-state index contributed by atoms with van der Waals surface area (Å²) in [5.41, 5.74) is 3.18. The molecule has 1 fully saturated rings. The van der Waals surface area contributed by atoms with Crippen molar-refractivity contribution in [2.45, 2.75) is 12.6 Å². The maximum absolute atomic E-state index is 5.75. The lowest BCUT2D eigenvalue weighted by Crippen LogP contribution is -2.38. The van der Waals surface area contributed by atoms with Crippen molar-refractivity contribution in [3.05, 3.63) is 30.0 Å². The quantitative estimate of drug-likeness (QED) is 0.810. The fourth-order valence-electron chi connectivity index (χ4n) is 3.43. The highest BCUT2D eigenvalue weighted by Gasteiger charge is 2.20. The Morgan fingerprint density at radius 1 is 1.15 bits per heavy atom. The SMILES string of the molecule is CN(Cc1cn(C)nc1-c1ccc2c(c1)OCCO2)CC1COCCO1. The van der Waals surface area contributed by atoms with E-state index in [1.54, 1.807) is 0 Å². The van der Waals surface area contributed by atoms with E-state index in [-0.39, 0.29) is 6.10 Å². The van der Waals surface area contributed by atoms with Crippen molar-refractivity contribution in [2.75, 3.05) is 46.6 Å². The van der Waals surface area contributed by atoms with Crippen LogP contribution in [0, 0.1) is 0 Å². The van der Waals surface area contributed by atoms with Gasteiger partial charge in [0, 0.05) is 37.5 Å². The average Bonchev–Trinajstić information content (AvgIpc) is 3.02. The Balaban J connectivity index is 1.51. The molecule has 0 aliphatic carbocycles. The number of rotatable bonds is 5. The minimum absolute atomic E-state index is 0.128. The summed E-state index contributed by atoms with van der Waals surface area (Å²) < 4.78 is 24.4. The monoisotopic (exact) mass is 359 g/mol. The molecular formula is C19H25N3O4. The van der Waals surface area contributed by atoms with Gasteiger partial charge in [0.1, 0.15) is 13.2 Å². The Morgan fingerprint density at radius 3 is 2.81 bits per heavy atom. The second-order valence-electron chi connectivity index (χ2n) is 6.80. The number of aromatic nitrogens is 2. The highest BCUT2D eigenvalue weighted by atomic mass is 16.6. The van der Waals surface area contributed by atoms with Gasteiger partial charge in [-0.05, 0) is 25.2 Å². The van der Waals surface area contributed by atoms with Gasteiger partial charge >= 0.3 is 0 Å². The van der Waals surface area contributed by atoms with Gasteiger partial charge in [0.05, 0.1) is 31.6 Å². The first-order chi connectivity index (χ1) is 12.7. The number of fused-ring (bicyclic) bond motifs is 1. The van der Waals surface area contributed by atoms with E-state index in [2.05, 4.69) is 23.2 Å². The molecule has 0 radical (unpaired) electrons. The molecule has 7 heteroatoms. The fraction of sp³-hybridized carbons (Fsp3) is 0.526. The van der Waals surface area contributed by atoms with Gasteiger partial charge < -0.3 is 18.9 Å². The van der Waals surface area contributed by atoms with Gasteiger partial charge in [-0.1, -0.05) is 0 Å². The first kappa shape index (κ1) is 17.3. The molecule has 1 unspecified atom stereocenters. The molecule has 0 bridgehead atoms. The molecule has 0 N–H and O–H groups in total. The van der Waals surface area contributed by atoms with Crippen LogP contribution in [0.4, 0.5) is 0 Å². The summed E-state index contributed by atoms with van der Waals surface area (Å²) >= 11 is 0. The molecule has 0 spiro atoms. The number of benzene rings is 1. The van der Waals surface area contributed by atoms with Gasteiger partial charge in [0.15, 0.2) is 11.5 Å². The molecule has 26 heavy (non-hydrogen) atoms. The molecule has 1 saturated heterocycles. The standard InChI is InChI=1S/C19H25N3O4/c1-21(12-16-13-23-5-6-24-16)10-15-11-22(2)20-19(15)14-3-4-17-18(9-14)26-8-7-25-17/h3-4,9,11,16H,5-8,10,12-13H2,1-2H3. The second kappa shape index (κ2) is 7.65. The lowest BCUT2D eigenvalue weighted by Gasteiger charge is -2.27. The van der Waals surface area contributed by atoms with Gasteiger partial charge in [0.2, 0.25) is 0 Å². The van der Waals surface area contributed by atoms with Crippen molar-refractivity contribution in [2.24, 2.45) is 7.05 Å². The fourth-order valence-corrected chi connectivity index (χ4v) is 3.43. The first-order valence-corrected chi connectivity index (χ1v) is 8.99. The normalized spacial score (nSPS) is 19.7. The number of nitrogens with zero attached hydrogens (tertiary/aromatic N) is 3. The van der Waals surface area contributed by atoms with Gasteiger partial charge in [-0.2, -0.15) is 5.10 Å². The molecule has 2 aliphatic heterocycles. The molecule has 4 rings (SSSR count). The first-order valence-electron chi connectivity index (χ1n) is 8.99. The summed E-state index contributed by atoms with van der Waals surface area (Å²) in [5.74, 6) is 1.58.